The van der Waals surface area contributed by atoms with E-state index in [4.69, 9.17) is 4.74 Å². The number of esters is 1. The zero-order valence-electron chi connectivity index (χ0n) is 11.7. The van der Waals surface area contributed by atoms with E-state index in [0.29, 0.717) is 18.0 Å². The number of hydrogen-bond acceptors (Lipinski definition) is 4. The van der Waals surface area contributed by atoms with Crippen LogP contribution in [0.4, 0.5) is 8.78 Å². The van der Waals surface area contributed by atoms with Crippen LogP contribution in [0.15, 0.2) is 24.3 Å². The lowest BCUT2D eigenvalue weighted by Crippen LogP contribution is -2.32. The lowest BCUT2D eigenvalue weighted by molar-refractivity contribution is -0.143. The second kappa shape index (κ2) is 7.79. The minimum Gasteiger partial charge on any atom is -0.468 e. The van der Waals surface area contributed by atoms with Crippen LogP contribution in [0, 0.1) is 5.92 Å². The molecule has 1 N–H and O–H groups in total. The first-order valence-electron chi connectivity index (χ1n) is 6.30. The van der Waals surface area contributed by atoms with Gasteiger partial charge in [-0.1, -0.05) is 32.0 Å². The third kappa shape index (κ3) is 4.77. The molecule has 0 amide bonds. The van der Waals surface area contributed by atoms with Crippen LogP contribution < -0.4 is 10.1 Å². The lowest BCUT2D eigenvalue weighted by atomic mass is 10.0. The summed E-state index contributed by atoms with van der Waals surface area (Å²) < 4.78 is 34.0. The number of methoxy groups -OCH3 is 1. The maximum absolute atomic E-state index is 12.4. The normalized spacial score (nSPS) is 12.6. The van der Waals surface area contributed by atoms with Crippen LogP contribution >= 0.6 is 0 Å². The Kier molecular flexibility index (Phi) is 6.38. The minimum absolute atomic E-state index is 0.0332. The molecular weight excluding hydrogens is 268 g/mol. The number of halogens is 2. The molecule has 0 bridgehead atoms. The Balaban J connectivity index is 3.03. The number of benzene rings is 1. The van der Waals surface area contributed by atoms with Gasteiger partial charge in [-0.25, -0.2) is 4.79 Å². The summed E-state index contributed by atoms with van der Waals surface area (Å²) in [4.78, 5) is 11.8. The molecule has 0 spiro atoms. The molecule has 20 heavy (non-hydrogen) atoms. The Bertz CT molecular complexity index is 438. The van der Waals surface area contributed by atoms with E-state index in [9.17, 15) is 13.6 Å². The van der Waals surface area contributed by atoms with Gasteiger partial charge < -0.3 is 14.8 Å². The molecular formula is C14H19F2NO3. The van der Waals surface area contributed by atoms with Crippen molar-refractivity contribution in [2.45, 2.75) is 26.5 Å². The summed E-state index contributed by atoms with van der Waals surface area (Å²) >= 11 is 0. The fourth-order valence-corrected chi connectivity index (χ4v) is 1.71. The molecule has 0 fully saturated rings. The van der Waals surface area contributed by atoms with Crippen LogP contribution in [-0.4, -0.2) is 26.2 Å². The average molecular weight is 287 g/mol. The van der Waals surface area contributed by atoms with Crippen molar-refractivity contribution in [1.82, 2.24) is 5.32 Å². The van der Waals surface area contributed by atoms with Gasteiger partial charge in [-0.2, -0.15) is 8.78 Å². The highest BCUT2D eigenvalue weighted by atomic mass is 19.3. The standard InChI is InChI=1S/C14H19F2NO3/c1-9(2)8-17-12(13(18)19-3)10-6-4-5-7-11(10)20-14(15)16/h4-7,9,12,14,17H,8H2,1-3H3. The molecule has 0 heterocycles. The van der Waals surface area contributed by atoms with Gasteiger partial charge in [0.15, 0.2) is 0 Å². The van der Waals surface area contributed by atoms with Crippen LogP contribution in [0.25, 0.3) is 0 Å². The summed E-state index contributed by atoms with van der Waals surface area (Å²) in [7, 11) is 1.25. The van der Waals surface area contributed by atoms with Crippen LogP contribution in [0.1, 0.15) is 25.5 Å². The summed E-state index contributed by atoms with van der Waals surface area (Å²) in [6.07, 6.45) is 0. The smallest absolute Gasteiger partial charge is 0.387 e. The van der Waals surface area contributed by atoms with Gasteiger partial charge in [0.2, 0.25) is 0 Å². The predicted molar refractivity (Wildman–Crippen MR) is 70.7 cm³/mol. The molecule has 0 aliphatic rings. The molecule has 0 saturated carbocycles. The van der Waals surface area contributed by atoms with Crippen molar-refractivity contribution in [3.8, 4) is 5.75 Å². The summed E-state index contributed by atoms with van der Waals surface area (Å²) in [5.74, 6) is -0.282. The third-order valence-corrected chi connectivity index (χ3v) is 2.61. The van der Waals surface area contributed by atoms with E-state index < -0.39 is 18.6 Å². The zero-order chi connectivity index (χ0) is 15.1. The molecule has 1 unspecified atom stereocenters. The van der Waals surface area contributed by atoms with E-state index in [1.165, 1.54) is 13.2 Å². The summed E-state index contributed by atoms with van der Waals surface area (Å²) in [6, 6.07) is 5.34. The highest BCUT2D eigenvalue weighted by molar-refractivity contribution is 5.78. The van der Waals surface area contributed by atoms with Crippen molar-refractivity contribution >= 4 is 5.97 Å². The van der Waals surface area contributed by atoms with Gasteiger partial charge in [0.25, 0.3) is 0 Å². The highest BCUT2D eigenvalue weighted by Crippen LogP contribution is 2.27. The molecule has 0 aromatic heterocycles. The van der Waals surface area contributed by atoms with E-state index in [0.717, 1.165) is 0 Å². The highest BCUT2D eigenvalue weighted by Gasteiger charge is 2.25. The predicted octanol–water partition coefficient (Wildman–Crippen LogP) is 2.75. The van der Waals surface area contributed by atoms with Crippen molar-refractivity contribution < 1.29 is 23.0 Å². The van der Waals surface area contributed by atoms with Gasteiger partial charge in [-0.05, 0) is 18.5 Å². The number of hydrogen-bond donors (Lipinski definition) is 1. The molecule has 0 saturated heterocycles. The number of rotatable bonds is 7. The molecule has 4 nitrogen and oxygen atoms in total. The van der Waals surface area contributed by atoms with Gasteiger partial charge in [-0.3, -0.25) is 0 Å². The monoisotopic (exact) mass is 287 g/mol. The maximum Gasteiger partial charge on any atom is 0.387 e. The van der Waals surface area contributed by atoms with Gasteiger partial charge in [0, 0.05) is 5.56 Å². The molecule has 0 radical (unpaired) electrons. The van der Waals surface area contributed by atoms with Gasteiger partial charge >= 0.3 is 12.6 Å². The second-order valence-corrected chi connectivity index (χ2v) is 4.67. The van der Waals surface area contributed by atoms with Gasteiger partial charge in [-0.15, -0.1) is 0 Å². The molecule has 1 aromatic carbocycles. The average Bonchev–Trinajstić information content (AvgIpc) is 2.39. The number of carbonyl (C=O) groups is 1. The fourth-order valence-electron chi connectivity index (χ4n) is 1.71. The van der Waals surface area contributed by atoms with E-state index in [-0.39, 0.29) is 5.75 Å². The third-order valence-electron chi connectivity index (χ3n) is 2.61. The summed E-state index contributed by atoms with van der Waals surface area (Å²) in [5.41, 5.74) is 0.334. The van der Waals surface area contributed by atoms with E-state index in [1.807, 2.05) is 13.8 Å². The van der Waals surface area contributed by atoms with Crippen molar-refractivity contribution in [3.05, 3.63) is 29.8 Å². The van der Waals surface area contributed by atoms with E-state index in [2.05, 4.69) is 10.1 Å². The van der Waals surface area contributed by atoms with Crippen molar-refractivity contribution in [1.29, 1.82) is 0 Å². The van der Waals surface area contributed by atoms with Crippen LogP contribution in [0.3, 0.4) is 0 Å². The van der Waals surface area contributed by atoms with Crippen molar-refractivity contribution in [2.24, 2.45) is 5.92 Å². The Labute approximate surface area is 117 Å². The molecule has 0 aliphatic heterocycles. The molecule has 6 heteroatoms. The van der Waals surface area contributed by atoms with Crippen molar-refractivity contribution in [3.63, 3.8) is 0 Å². The number of para-hydroxylation sites is 1. The Morgan fingerprint density at radius 1 is 1.30 bits per heavy atom. The van der Waals surface area contributed by atoms with Crippen molar-refractivity contribution in [2.75, 3.05) is 13.7 Å². The fraction of sp³-hybridized carbons (Fsp3) is 0.500. The van der Waals surface area contributed by atoms with E-state index >= 15 is 0 Å². The minimum atomic E-state index is -2.94. The maximum atomic E-state index is 12.4. The quantitative estimate of drug-likeness (QED) is 0.783. The Hall–Kier alpha value is -1.69. The first-order chi connectivity index (χ1) is 9.45. The topological polar surface area (TPSA) is 47.6 Å². The number of ether oxygens (including phenoxy) is 2. The summed E-state index contributed by atoms with van der Waals surface area (Å²) in [6.45, 7) is 1.55. The molecule has 0 aliphatic carbocycles. The number of alkyl halides is 2. The second-order valence-electron chi connectivity index (χ2n) is 4.67. The van der Waals surface area contributed by atoms with E-state index in [1.54, 1.807) is 18.2 Å². The molecule has 1 atom stereocenters. The molecule has 1 rings (SSSR count). The molecule has 112 valence electrons. The SMILES string of the molecule is COC(=O)C(NCC(C)C)c1ccccc1OC(F)F. The number of nitrogens with one attached hydrogen (secondary N) is 1. The largest absolute Gasteiger partial charge is 0.468 e. The van der Waals surface area contributed by atoms with Crippen LogP contribution in [0.2, 0.25) is 0 Å². The first-order valence-corrected chi connectivity index (χ1v) is 6.30. The van der Waals surface area contributed by atoms with Gasteiger partial charge in [0.05, 0.1) is 7.11 Å². The van der Waals surface area contributed by atoms with Crippen LogP contribution in [0.5, 0.6) is 5.75 Å². The zero-order valence-corrected chi connectivity index (χ0v) is 11.7. The van der Waals surface area contributed by atoms with Gasteiger partial charge in [0.1, 0.15) is 11.8 Å². The Morgan fingerprint density at radius 2 is 1.95 bits per heavy atom. The Morgan fingerprint density at radius 3 is 2.50 bits per heavy atom. The first kappa shape index (κ1) is 16.4. The van der Waals surface area contributed by atoms with Crippen LogP contribution in [-0.2, 0) is 9.53 Å². The molecule has 1 aromatic rings. The lowest BCUT2D eigenvalue weighted by Gasteiger charge is -2.20. The number of carbonyl (C=O) groups excluding carboxylic acids is 1. The summed E-state index contributed by atoms with van der Waals surface area (Å²) in [5, 5.41) is 3.00.